The zero-order valence-corrected chi connectivity index (χ0v) is 13.0. The molecular formula is C16H12ClN3OS. The van der Waals surface area contributed by atoms with Crippen LogP contribution in [0.3, 0.4) is 0 Å². The van der Waals surface area contributed by atoms with Crippen molar-refractivity contribution in [2.45, 2.75) is 0 Å². The second kappa shape index (κ2) is 6.60. The van der Waals surface area contributed by atoms with Crippen molar-refractivity contribution in [2.75, 3.05) is 0 Å². The maximum Gasteiger partial charge on any atom is 0.271 e. The minimum absolute atomic E-state index is 0.252. The number of hydrazone groups is 1. The molecule has 0 saturated heterocycles. The Morgan fingerprint density at radius 3 is 2.50 bits per heavy atom. The van der Waals surface area contributed by atoms with Gasteiger partial charge in [-0.25, -0.2) is 5.43 Å². The summed E-state index contributed by atoms with van der Waals surface area (Å²) < 4.78 is 2.66. The van der Waals surface area contributed by atoms with Crippen molar-refractivity contribution in [3.63, 3.8) is 0 Å². The van der Waals surface area contributed by atoms with Crippen molar-refractivity contribution in [1.82, 2.24) is 9.99 Å². The summed E-state index contributed by atoms with van der Waals surface area (Å²) in [5, 5.41) is 3.93. The molecular weight excluding hydrogens is 318 g/mol. The van der Waals surface area contributed by atoms with E-state index < -0.39 is 0 Å². The number of hydrogen-bond donors (Lipinski definition) is 1. The Balaban J connectivity index is 1.64. The number of carbonyl (C=O) groups excluding carboxylic acids is 1. The Kier molecular flexibility index (Phi) is 4.37. The largest absolute Gasteiger partial charge is 0.324 e. The summed E-state index contributed by atoms with van der Waals surface area (Å²) in [5.74, 6) is -0.252. The maximum absolute atomic E-state index is 12.0. The van der Waals surface area contributed by atoms with Gasteiger partial charge in [-0.15, -0.1) is 11.3 Å². The van der Waals surface area contributed by atoms with Gasteiger partial charge in [0.2, 0.25) is 0 Å². The van der Waals surface area contributed by atoms with Crippen LogP contribution >= 0.6 is 22.9 Å². The molecule has 0 saturated carbocycles. The third-order valence-corrected chi connectivity index (χ3v) is 4.15. The summed E-state index contributed by atoms with van der Waals surface area (Å²) in [6, 6.07) is 14.8. The zero-order chi connectivity index (χ0) is 15.4. The fraction of sp³-hybridized carbons (Fsp3) is 0. The molecule has 4 nitrogen and oxygen atoms in total. The summed E-state index contributed by atoms with van der Waals surface area (Å²) in [5.41, 5.74) is 4.05. The number of benzene rings is 1. The first-order valence-corrected chi connectivity index (χ1v) is 7.74. The van der Waals surface area contributed by atoms with Gasteiger partial charge >= 0.3 is 0 Å². The van der Waals surface area contributed by atoms with Gasteiger partial charge < -0.3 is 4.57 Å². The summed E-state index contributed by atoms with van der Waals surface area (Å²) in [4.78, 5) is 12.9. The number of rotatable bonds is 4. The number of nitrogens with zero attached hydrogens (tertiary/aromatic N) is 2. The van der Waals surface area contributed by atoms with E-state index in [-0.39, 0.29) is 5.91 Å². The predicted octanol–water partition coefficient (Wildman–Crippen LogP) is 3.96. The Bertz CT molecular complexity index is 791. The van der Waals surface area contributed by atoms with Gasteiger partial charge in [0.25, 0.3) is 5.91 Å². The highest BCUT2D eigenvalue weighted by molar-refractivity contribution is 7.17. The molecule has 0 unspecified atom stereocenters. The van der Waals surface area contributed by atoms with E-state index in [1.165, 1.54) is 11.3 Å². The molecule has 0 aliphatic rings. The van der Waals surface area contributed by atoms with Crippen LogP contribution in [-0.2, 0) is 0 Å². The number of carbonyl (C=O) groups is 1. The van der Waals surface area contributed by atoms with E-state index in [4.69, 9.17) is 11.6 Å². The molecule has 0 radical (unpaired) electrons. The van der Waals surface area contributed by atoms with Gasteiger partial charge in [-0.05, 0) is 48.5 Å². The van der Waals surface area contributed by atoms with E-state index in [9.17, 15) is 4.79 Å². The summed E-state index contributed by atoms with van der Waals surface area (Å²) in [6.45, 7) is 0. The first-order chi connectivity index (χ1) is 10.7. The predicted molar refractivity (Wildman–Crippen MR) is 90.2 cm³/mol. The highest BCUT2D eigenvalue weighted by Gasteiger charge is 2.04. The lowest BCUT2D eigenvalue weighted by atomic mass is 10.2. The zero-order valence-electron chi connectivity index (χ0n) is 11.4. The summed E-state index contributed by atoms with van der Waals surface area (Å²) in [6.07, 6.45) is 5.47. The van der Waals surface area contributed by atoms with Gasteiger partial charge in [0.1, 0.15) is 0 Å². The fourth-order valence-corrected chi connectivity index (χ4v) is 2.84. The summed E-state index contributed by atoms with van der Waals surface area (Å²) in [7, 11) is 0. The van der Waals surface area contributed by atoms with E-state index in [1.807, 2.05) is 47.3 Å². The lowest BCUT2D eigenvalue weighted by Gasteiger charge is -2.04. The van der Waals surface area contributed by atoms with Crippen LogP contribution in [-0.4, -0.2) is 16.7 Å². The highest BCUT2D eigenvalue weighted by atomic mass is 35.5. The molecule has 110 valence electrons. The minimum atomic E-state index is -0.252. The Morgan fingerprint density at radius 1 is 1.14 bits per heavy atom. The second-order valence-electron chi connectivity index (χ2n) is 4.48. The van der Waals surface area contributed by atoms with Crippen LogP contribution in [0, 0.1) is 0 Å². The van der Waals surface area contributed by atoms with Crippen LogP contribution in [0.25, 0.3) is 5.69 Å². The lowest BCUT2D eigenvalue weighted by molar-refractivity contribution is 0.0955. The molecule has 0 fully saturated rings. The monoisotopic (exact) mass is 329 g/mol. The molecule has 2 aromatic heterocycles. The molecule has 1 amide bonds. The van der Waals surface area contributed by atoms with Gasteiger partial charge in [0.15, 0.2) is 0 Å². The van der Waals surface area contributed by atoms with Crippen LogP contribution < -0.4 is 5.43 Å². The Hall–Kier alpha value is -2.37. The van der Waals surface area contributed by atoms with Crippen LogP contribution in [0.4, 0.5) is 0 Å². The average Bonchev–Trinajstić information content (AvgIpc) is 3.19. The molecule has 3 rings (SSSR count). The number of halogens is 1. The molecule has 3 aromatic rings. The quantitative estimate of drug-likeness (QED) is 0.571. The van der Waals surface area contributed by atoms with Crippen LogP contribution in [0.5, 0.6) is 0 Å². The van der Waals surface area contributed by atoms with E-state index in [0.29, 0.717) is 9.90 Å². The van der Waals surface area contributed by atoms with Gasteiger partial charge in [0, 0.05) is 28.5 Å². The van der Waals surface area contributed by atoms with E-state index in [2.05, 4.69) is 10.5 Å². The Labute approximate surface area is 136 Å². The van der Waals surface area contributed by atoms with Crippen LogP contribution in [0.1, 0.15) is 15.2 Å². The molecule has 0 spiro atoms. The fourth-order valence-electron chi connectivity index (χ4n) is 1.91. The molecule has 0 aliphatic heterocycles. The third kappa shape index (κ3) is 3.44. The van der Waals surface area contributed by atoms with Crippen molar-refractivity contribution < 1.29 is 4.79 Å². The molecule has 0 atom stereocenters. The third-order valence-electron chi connectivity index (χ3n) is 2.98. The van der Waals surface area contributed by atoms with E-state index in [0.717, 1.165) is 10.6 Å². The lowest BCUT2D eigenvalue weighted by Crippen LogP contribution is -2.17. The van der Waals surface area contributed by atoms with Crippen molar-refractivity contribution >= 4 is 35.1 Å². The Morgan fingerprint density at radius 2 is 1.86 bits per heavy atom. The van der Waals surface area contributed by atoms with Crippen LogP contribution in [0.2, 0.25) is 4.34 Å². The topological polar surface area (TPSA) is 46.4 Å². The maximum atomic E-state index is 12.0. The first kappa shape index (κ1) is 14.6. The first-order valence-electron chi connectivity index (χ1n) is 6.54. The summed E-state index contributed by atoms with van der Waals surface area (Å²) >= 11 is 7.22. The van der Waals surface area contributed by atoms with Crippen molar-refractivity contribution in [3.05, 3.63) is 75.7 Å². The molecule has 1 N–H and O–H groups in total. The molecule has 6 heteroatoms. The number of aromatic nitrogens is 1. The number of hydrogen-bond acceptors (Lipinski definition) is 3. The number of amides is 1. The van der Waals surface area contributed by atoms with Gasteiger partial charge in [-0.3, -0.25) is 4.79 Å². The highest BCUT2D eigenvalue weighted by Crippen LogP contribution is 2.19. The van der Waals surface area contributed by atoms with Gasteiger partial charge in [-0.1, -0.05) is 11.6 Å². The number of thiophene rings is 1. The standard InChI is InChI=1S/C16H12ClN3OS/c17-15-8-7-14(22-15)11-18-19-16(21)12-3-5-13(6-4-12)20-9-1-2-10-20/h1-11H,(H,19,21)/b18-11-. The molecule has 0 bridgehead atoms. The number of nitrogens with one attached hydrogen (secondary N) is 1. The van der Waals surface area contributed by atoms with Gasteiger partial charge in [0.05, 0.1) is 10.6 Å². The minimum Gasteiger partial charge on any atom is -0.324 e. The van der Waals surface area contributed by atoms with E-state index in [1.54, 1.807) is 24.4 Å². The van der Waals surface area contributed by atoms with E-state index >= 15 is 0 Å². The second-order valence-corrected chi connectivity index (χ2v) is 6.22. The molecule has 1 aromatic carbocycles. The average molecular weight is 330 g/mol. The van der Waals surface area contributed by atoms with Crippen molar-refractivity contribution in [1.29, 1.82) is 0 Å². The normalized spacial score (nSPS) is 11.0. The van der Waals surface area contributed by atoms with Crippen molar-refractivity contribution in [2.24, 2.45) is 5.10 Å². The molecule has 2 heterocycles. The smallest absolute Gasteiger partial charge is 0.271 e. The van der Waals surface area contributed by atoms with Gasteiger partial charge in [-0.2, -0.15) is 5.10 Å². The SMILES string of the molecule is O=C(N/N=C\c1ccc(Cl)s1)c1ccc(-n2cccc2)cc1. The molecule has 22 heavy (non-hydrogen) atoms. The molecule has 0 aliphatic carbocycles. The van der Waals surface area contributed by atoms with Crippen LogP contribution in [0.15, 0.2) is 66.0 Å². The van der Waals surface area contributed by atoms with Crippen molar-refractivity contribution in [3.8, 4) is 5.69 Å².